The van der Waals surface area contributed by atoms with Crippen molar-refractivity contribution in [2.75, 3.05) is 37.9 Å². The van der Waals surface area contributed by atoms with Gasteiger partial charge in [-0.2, -0.15) is 0 Å². The molecule has 0 saturated heterocycles. The Morgan fingerprint density at radius 1 is 1.29 bits per heavy atom. The van der Waals surface area contributed by atoms with Crippen molar-refractivity contribution in [1.29, 1.82) is 0 Å². The summed E-state index contributed by atoms with van der Waals surface area (Å²) in [4.78, 5) is 25.4. The molecule has 0 aromatic heterocycles. The van der Waals surface area contributed by atoms with Gasteiger partial charge in [0.2, 0.25) is 15.9 Å². The lowest BCUT2D eigenvalue weighted by Gasteiger charge is -2.25. The normalized spacial score (nSPS) is 20.4. The molecule has 1 heterocycles. The minimum absolute atomic E-state index is 0.0614. The second-order valence-corrected chi connectivity index (χ2v) is 8.37. The Bertz CT molecular complexity index is 759. The summed E-state index contributed by atoms with van der Waals surface area (Å²) in [5.41, 5.74) is 0.157. The maximum atomic E-state index is 13.0. The van der Waals surface area contributed by atoms with Gasteiger partial charge in [-0.05, 0) is 18.6 Å². The Hall–Kier alpha value is -1.93. The molecule has 132 valence electrons. The standard InChI is InChI=1S/C16H22N2O5S/c1-12(19)23-10-9-18-14-8-6-5-7-13(14)16(2,15(18)20)11-24(21,22)17(3)4/h5-8H,9-11H2,1-4H3. The number of rotatable bonds is 6. The van der Waals surface area contributed by atoms with Crippen molar-refractivity contribution in [1.82, 2.24) is 4.31 Å². The summed E-state index contributed by atoms with van der Waals surface area (Å²) < 4.78 is 30.7. The zero-order chi connectivity index (χ0) is 18.1. The Labute approximate surface area is 142 Å². The molecule has 1 amide bonds. The molecule has 0 bridgehead atoms. The second-order valence-electron chi connectivity index (χ2n) is 6.18. The van der Waals surface area contributed by atoms with Crippen LogP contribution in [-0.2, 0) is 29.8 Å². The number of benzene rings is 1. The van der Waals surface area contributed by atoms with E-state index in [9.17, 15) is 18.0 Å². The van der Waals surface area contributed by atoms with E-state index in [0.29, 0.717) is 11.3 Å². The fourth-order valence-corrected chi connectivity index (χ4v) is 4.10. The highest BCUT2D eigenvalue weighted by molar-refractivity contribution is 7.89. The summed E-state index contributed by atoms with van der Waals surface area (Å²) in [6, 6.07) is 7.11. The molecular formula is C16H22N2O5S. The second kappa shape index (κ2) is 6.52. The molecule has 2 rings (SSSR count). The molecule has 1 unspecified atom stereocenters. The van der Waals surface area contributed by atoms with Crippen LogP contribution >= 0.6 is 0 Å². The third-order valence-electron chi connectivity index (χ3n) is 4.15. The van der Waals surface area contributed by atoms with E-state index in [4.69, 9.17) is 4.74 Å². The topological polar surface area (TPSA) is 84.0 Å². The molecule has 0 aliphatic carbocycles. The number of sulfonamides is 1. The van der Waals surface area contributed by atoms with Gasteiger partial charge in [-0.15, -0.1) is 0 Å². The maximum absolute atomic E-state index is 13.0. The van der Waals surface area contributed by atoms with E-state index in [2.05, 4.69) is 0 Å². The molecule has 1 aliphatic rings. The highest BCUT2D eigenvalue weighted by Crippen LogP contribution is 2.42. The van der Waals surface area contributed by atoms with E-state index in [0.717, 1.165) is 4.31 Å². The maximum Gasteiger partial charge on any atom is 0.302 e. The minimum atomic E-state index is -3.57. The summed E-state index contributed by atoms with van der Waals surface area (Å²) >= 11 is 0. The van der Waals surface area contributed by atoms with E-state index < -0.39 is 21.4 Å². The molecule has 8 heteroatoms. The monoisotopic (exact) mass is 354 g/mol. The van der Waals surface area contributed by atoms with Gasteiger partial charge >= 0.3 is 5.97 Å². The van der Waals surface area contributed by atoms with Gasteiger partial charge in [-0.25, -0.2) is 12.7 Å². The first-order valence-electron chi connectivity index (χ1n) is 7.54. The Morgan fingerprint density at radius 2 is 1.92 bits per heavy atom. The summed E-state index contributed by atoms with van der Waals surface area (Å²) in [6.45, 7) is 3.19. The highest BCUT2D eigenvalue weighted by Gasteiger charge is 2.50. The van der Waals surface area contributed by atoms with Crippen molar-refractivity contribution in [2.24, 2.45) is 0 Å². The van der Waals surface area contributed by atoms with Crippen LogP contribution in [0.5, 0.6) is 0 Å². The van der Waals surface area contributed by atoms with Crippen molar-refractivity contribution in [3.8, 4) is 0 Å². The number of para-hydroxylation sites is 1. The van der Waals surface area contributed by atoms with Crippen LogP contribution in [0.1, 0.15) is 19.4 Å². The van der Waals surface area contributed by atoms with E-state index >= 15 is 0 Å². The first-order valence-corrected chi connectivity index (χ1v) is 9.15. The van der Waals surface area contributed by atoms with E-state index in [1.165, 1.54) is 25.9 Å². The lowest BCUT2D eigenvalue weighted by atomic mass is 9.86. The van der Waals surface area contributed by atoms with Crippen LogP contribution in [0.3, 0.4) is 0 Å². The van der Waals surface area contributed by atoms with Crippen molar-refractivity contribution >= 4 is 27.6 Å². The van der Waals surface area contributed by atoms with Gasteiger partial charge in [0.05, 0.1) is 17.7 Å². The molecule has 1 aromatic carbocycles. The van der Waals surface area contributed by atoms with Gasteiger partial charge in [0, 0.05) is 26.7 Å². The number of fused-ring (bicyclic) bond motifs is 1. The molecule has 1 aliphatic heterocycles. The predicted octanol–water partition coefficient (Wildman–Crippen LogP) is 0.745. The number of hydrogen-bond donors (Lipinski definition) is 0. The Morgan fingerprint density at radius 3 is 2.50 bits per heavy atom. The van der Waals surface area contributed by atoms with Gasteiger partial charge < -0.3 is 9.64 Å². The quantitative estimate of drug-likeness (QED) is 0.704. The number of anilines is 1. The van der Waals surface area contributed by atoms with Crippen molar-refractivity contribution in [3.05, 3.63) is 29.8 Å². The van der Waals surface area contributed by atoms with Gasteiger partial charge in [0.15, 0.2) is 0 Å². The molecule has 0 N–H and O–H groups in total. The van der Waals surface area contributed by atoms with Crippen LogP contribution in [0.25, 0.3) is 0 Å². The number of nitrogens with zero attached hydrogens (tertiary/aromatic N) is 2. The third-order valence-corrected chi connectivity index (χ3v) is 6.21. The molecule has 1 atom stereocenters. The highest BCUT2D eigenvalue weighted by atomic mass is 32.2. The van der Waals surface area contributed by atoms with Gasteiger partial charge in [-0.1, -0.05) is 18.2 Å². The first-order chi connectivity index (χ1) is 11.1. The smallest absolute Gasteiger partial charge is 0.302 e. The summed E-state index contributed by atoms with van der Waals surface area (Å²) in [6.07, 6.45) is 0. The zero-order valence-electron chi connectivity index (χ0n) is 14.3. The SMILES string of the molecule is CC(=O)OCCN1C(=O)C(C)(CS(=O)(=O)N(C)C)c2ccccc21. The number of hydrogen-bond acceptors (Lipinski definition) is 5. The van der Waals surface area contributed by atoms with Crippen LogP contribution in [0.4, 0.5) is 5.69 Å². The van der Waals surface area contributed by atoms with Crippen LogP contribution < -0.4 is 4.90 Å². The lowest BCUT2D eigenvalue weighted by Crippen LogP contribution is -2.46. The van der Waals surface area contributed by atoms with E-state index in [1.54, 1.807) is 31.2 Å². The van der Waals surface area contributed by atoms with Crippen LogP contribution in [-0.4, -0.2) is 57.6 Å². The Balaban J connectivity index is 2.37. The minimum Gasteiger partial charge on any atom is -0.464 e. The molecular weight excluding hydrogens is 332 g/mol. The van der Waals surface area contributed by atoms with E-state index in [-0.39, 0.29) is 24.8 Å². The zero-order valence-corrected chi connectivity index (χ0v) is 15.1. The molecule has 24 heavy (non-hydrogen) atoms. The van der Waals surface area contributed by atoms with Gasteiger partial charge in [0.1, 0.15) is 6.61 Å². The molecule has 0 spiro atoms. The Kier molecular flexibility index (Phi) is 5.00. The third kappa shape index (κ3) is 3.29. The van der Waals surface area contributed by atoms with Crippen molar-refractivity contribution in [2.45, 2.75) is 19.3 Å². The lowest BCUT2D eigenvalue weighted by molar-refractivity contribution is -0.141. The fourth-order valence-electron chi connectivity index (χ4n) is 2.83. The van der Waals surface area contributed by atoms with Gasteiger partial charge in [0.25, 0.3) is 0 Å². The molecule has 0 saturated carbocycles. The number of amides is 1. The molecule has 0 fully saturated rings. The predicted molar refractivity (Wildman–Crippen MR) is 90.3 cm³/mol. The summed E-state index contributed by atoms with van der Waals surface area (Å²) in [5.74, 6) is -1.04. The average Bonchev–Trinajstić information content (AvgIpc) is 2.68. The summed E-state index contributed by atoms with van der Waals surface area (Å²) in [5, 5.41) is 0. The van der Waals surface area contributed by atoms with Gasteiger partial charge in [-0.3, -0.25) is 9.59 Å². The molecule has 1 aromatic rings. The van der Waals surface area contributed by atoms with Crippen LogP contribution in [0.15, 0.2) is 24.3 Å². The van der Waals surface area contributed by atoms with E-state index in [1.807, 2.05) is 0 Å². The molecule has 0 radical (unpaired) electrons. The van der Waals surface area contributed by atoms with Crippen molar-refractivity contribution in [3.63, 3.8) is 0 Å². The van der Waals surface area contributed by atoms with Crippen LogP contribution in [0, 0.1) is 0 Å². The number of esters is 1. The largest absolute Gasteiger partial charge is 0.464 e. The molecule has 7 nitrogen and oxygen atoms in total. The van der Waals surface area contributed by atoms with Crippen LogP contribution in [0.2, 0.25) is 0 Å². The first kappa shape index (κ1) is 18.4. The fraction of sp³-hybridized carbons (Fsp3) is 0.500. The average molecular weight is 354 g/mol. The number of carbonyl (C=O) groups excluding carboxylic acids is 2. The number of ether oxygens (including phenoxy) is 1. The number of carbonyl (C=O) groups is 2. The summed E-state index contributed by atoms with van der Waals surface area (Å²) in [7, 11) is -0.679. The van der Waals surface area contributed by atoms with Crippen molar-refractivity contribution < 1.29 is 22.7 Å².